The number of amides is 2. The zero-order valence-electron chi connectivity index (χ0n) is 22.5. The van der Waals surface area contributed by atoms with Crippen molar-refractivity contribution in [3.63, 3.8) is 0 Å². The fourth-order valence-electron chi connectivity index (χ4n) is 4.82. The SMILES string of the molecule is Cc1cccc(N(CCCC(=O)N(Cc2c(Cl)cccc2Cl)[C@@H](C)C(=O)NC2CCCC2)S(C)(=O)=O)c1C. The molecular formula is C28H37Cl2N3O4S. The number of carbonyl (C=O) groups excluding carboxylic acids is 2. The van der Waals surface area contributed by atoms with Crippen LogP contribution in [0.3, 0.4) is 0 Å². The molecule has 1 N–H and O–H groups in total. The van der Waals surface area contributed by atoms with E-state index in [4.69, 9.17) is 23.2 Å². The standard InChI is InChI=1S/C28H37Cl2N3O4S/c1-19-10-7-15-26(20(19)2)33(38(4,36)37)17-9-16-27(34)32(18-23-24(29)13-8-14-25(23)30)21(3)28(35)31-22-11-5-6-12-22/h7-8,10,13-15,21-22H,5-6,9,11-12,16-18H2,1-4H3,(H,31,35)/t21-/m0/s1. The van der Waals surface area contributed by atoms with Gasteiger partial charge in [-0.1, -0.05) is 54.2 Å². The van der Waals surface area contributed by atoms with E-state index in [2.05, 4.69) is 5.32 Å². The third-order valence-electron chi connectivity index (χ3n) is 7.26. The Morgan fingerprint density at radius 1 is 1.05 bits per heavy atom. The summed E-state index contributed by atoms with van der Waals surface area (Å²) in [4.78, 5) is 28.1. The molecule has 2 aromatic carbocycles. The van der Waals surface area contributed by atoms with Gasteiger partial charge in [0.1, 0.15) is 6.04 Å². The zero-order valence-corrected chi connectivity index (χ0v) is 24.8. The van der Waals surface area contributed by atoms with E-state index in [0.717, 1.165) is 43.1 Å². The first-order valence-corrected chi connectivity index (χ1v) is 15.6. The molecule has 0 unspecified atom stereocenters. The Morgan fingerprint density at radius 2 is 1.66 bits per heavy atom. The molecule has 7 nitrogen and oxygen atoms in total. The third kappa shape index (κ3) is 7.64. The maximum absolute atomic E-state index is 13.5. The molecule has 1 aliphatic rings. The summed E-state index contributed by atoms with van der Waals surface area (Å²) in [5.41, 5.74) is 3.02. The van der Waals surface area contributed by atoms with Gasteiger partial charge in [-0.05, 0) is 69.4 Å². The Morgan fingerprint density at radius 3 is 2.26 bits per heavy atom. The van der Waals surface area contributed by atoms with Crippen LogP contribution in [0, 0.1) is 13.8 Å². The Labute approximate surface area is 236 Å². The highest BCUT2D eigenvalue weighted by Gasteiger charge is 2.30. The number of carbonyl (C=O) groups is 2. The normalized spacial score (nSPS) is 14.8. The van der Waals surface area contributed by atoms with E-state index in [1.54, 1.807) is 31.2 Å². The number of nitrogens with one attached hydrogen (secondary N) is 1. The minimum atomic E-state index is -3.57. The lowest BCUT2D eigenvalue weighted by atomic mass is 10.1. The molecule has 1 aliphatic carbocycles. The van der Waals surface area contributed by atoms with E-state index in [-0.39, 0.29) is 43.8 Å². The van der Waals surface area contributed by atoms with E-state index in [0.29, 0.717) is 21.3 Å². The average molecular weight is 583 g/mol. The molecule has 0 bridgehead atoms. The van der Waals surface area contributed by atoms with Crippen LogP contribution < -0.4 is 9.62 Å². The Hall–Kier alpha value is -2.29. The first-order valence-electron chi connectivity index (χ1n) is 13.0. The first kappa shape index (κ1) is 30.3. The van der Waals surface area contributed by atoms with Gasteiger partial charge in [-0.2, -0.15) is 0 Å². The van der Waals surface area contributed by atoms with Gasteiger partial charge in [0.05, 0.1) is 11.9 Å². The molecule has 0 saturated heterocycles. The van der Waals surface area contributed by atoms with Crippen molar-refractivity contribution in [1.29, 1.82) is 0 Å². The Kier molecular flexibility index (Phi) is 10.5. The summed E-state index contributed by atoms with van der Waals surface area (Å²) in [6.45, 7) is 5.72. The van der Waals surface area contributed by atoms with Gasteiger partial charge in [0.2, 0.25) is 21.8 Å². The lowest BCUT2D eigenvalue weighted by molar-refractivity contribution is -0.140. The molecule has 10 heteroatoms. The maximum Gasteiger partial charge on any atom is 0.242 e. The van der Waals surface area contributed by atoms with Gasteiger partial charge in [-0.3, -0.25) is 13.9 Å². The van der Waals surface area contributed by atoms with E-state index < -0.39 is 16.1 Å². The Balaban J connectivity index is 1.78. The van der Waals surface area contributed by atoms with Crippen molar-refractivity contribution < 1.29 is 18.0 Å². The molecule has 0 radical (unpaired) electrons. The number of hydrogen-bond acceptors (Lipinski definition) is 4. The van der Waals surface area contributed by atoms with Gasteiger partial charge < -0.3 is 10.2 Å². The number of benzene rings is 2. The minimum absolute atomic E-state index is 0.0556. The van der Waals surface area contributed by atoms with Gasteiger partial charge in [0.15, 0.2) is 0 Å². The zero-order chi connectivity index (χ0) is 28.0. The number of nitrogens with zero attached hydrogens (tertiary/aromatic N) is 2. The predicted molar refractivity (Wildman–Crippen MR) is 154 cm³/mol. The molecule has 0 aliphatic heterocycles. The summed E-state index contributed by atoms with van der Waals surface area (Å²) >= 11 is 12.8. The van der Waals surface area contributed by atoms with Crippen LogP contribution in [0.1, 0.15) is 62.1 Å². The number of sulfonamides is 1. The van der Waals surface area contributed by atoms with Crippen molar-refractivity contribution in [3.8, 4) is 0 Å². The van der Waals surface area contributed by atoms with Crippen LogP contribution in [0.25, 0.3) is 0 Å². The number of rotatable bonds is 11. The van der Waals surface area contributed by atoms with Crippen molar-refractivity contribution >= 4 is 50.7 Å². The van der Waals surface area contributed by atoms with Gasteiger partial charge in [0, 0.05) is 41.2 Å². The maximum atomic E-state index is 13.5. The van der Waals surface area contributed by atoms with Gasteiger partial charge in [-0.15, -0.1) is 0 Å². The molecule has 208 valence electrons. The highest BCUT2D eigenvalue weighted by molar-refractivity contribution is 7.92. The van der Waals surface area contributed by atoms with Crippen LogP contribution in [-0.4, -0.2) is 50.0 Å². The lowest BCUT2D eigenvalue weighted by Gasteiger charge is -2.31. The van der Waals surface area contributed by atoms with Crippen LogP contribution in [0.2, 0.25) is 10.0 Å². The van der Waals surface area contributed by atoms with Crippen LogP contribution in [-0.2, 0) is 26.2 Å². The molecule has 0 spiro atoms. The number of anilines is 1. The molecule has 3 rings (SSSR count). The molecular weight excluding hydrogens is 545 g/mol. The Bertz CT molecular complexity index is 1240. The molecule has 1 saturated carbocycles. The van der Waals surface area contributed by atoms with E-state index in [1.165, 1.54) is 9.21 Å². The van der Waals surface area contributed by atoms with Gasteiger partial charge in [0.25, 0.3) is 0 Å². The number of hydrogen-bond donors (Lipinski definition) is 1. The highest BCUT2D eigenvalue weighted by atomic mass is 35.5. The van der Waals surface area contributed by atoms with Crippen molar-refractivity contribution in [2.75, 3.05) is 17.1 Å². The van der Waals surface area contributed by atoms with Crippen molar-refractivity contribution in [1.82, 2.24) is 10.2 Å². The molecule has 2 amide bonds. The van der Waals surface area contributed by atoms with E-state index in [9.17, 15) is 18.0 Å². The lowest BCUT2D eigenvalue weighted by Crippen LogP contribution is -2.49. The van der Waals surface area contributed by atoms with E-state index >= 15 is 0 Å². The topological polar surface area (TPSA) is 86.8 Å². The van der Waals surface area contributed by atoms with Crippen LogP contribution in [0.15, 0.2) is 36.4 Å². The van der Waals surface area contributed by atoms with Crippen molar-refractivity contribution in [2.45, 2.75) is 77.9 Å². The second-order valence-corrected chi connectivity index (χ2v) is 12.8. The van der Waals surface area contributed by atoms with Gasteiger partial charge in [-0.25, -0.2) is 8.42 Å². The predicted octanol–water partition coefficient (Wildman–Crippen LogP) is 5.63. The average Bonchev–Trinajstić information content (AvgIpc) is 3.35. The fourth-order valence-corrected chi connectivity index (χ4v) is 6.35. The third-order valence-corrected chi connectivity index (χ3v) is 9.14. The van der Waals surface area contributed by atoms with Crippen molar-refractivity contribution in [2.24, 2.45) is 0 Å². The van der Waals surface area contributed by atoms with Crippen LogP contribution >= 0.6 is 23.2 Å². The molecule has 1 atom stereocenters. The van der Waals surface area contributed by atoms with Crippen LogP contribution in [0.4, 0.5) is 5.69 Å². The quantitative estimate of drug-likeness (QED) is 0.372. The molecule has 0 heterocycles. The smallest absolute Gasteiger partial charge is 0.242 e. The van der Waals surface area contributed by atoms with Crippen LogP contribution in [0.5, 0.6) is 0 Å². The molecule has 2 aromatic rings. The summed E-state index contributed by atoms with van der Waals surface area (Å²) in [6.07, 6.45) is 5.52. The summed E-state index contributed by atoms with van der Waals surface area (Å²) < 4.78 is 26.6. The molecule has 38 heavy (non-hydrogen) atoms. The monoisotopic (exact) mass is 581 g/mol. The summed E-state index contributed by atoms with van der Waals surface area (Å²) in [7, 11) is -3.57. The van der Waals surface area contributed by atoms with Crippen molar-refractivity contribution in [3.05, 3.63) is 63.1 Å². The first-order chi connectivity index (χ1) is 17.9. The molecule has 1 fully saturated rings. The summed E-state index contributed by atoms with van der Waals surface area (Å²) in [6, 6.07) is 10.0. The molecule has 0 aromatic heterocycles. The number of halogens is 2. The van der Waals surface area contributed by atoms with E-state index in [1.807, 2.05) is 26.0 Å². The summed E-state index contributed by atoms with van der Waals surface area (Å²) in [5.74, 6) is -0.494. The highest BCUT2D eigenvalue weighted by Crippen LogP contribution is 2.28. The largest absolute Gasteiger partial charge is 0.352 e. The van der Waals surface area contributed by atoms with Gasteiger partial charge >= 0.3 is 0 Å². The summed E-state index contributed by atoms with van der Waals surface area (Å²) in [5, 5.41) is 3.90. The second-order valence-electron chi connectivity index (χ2n) is 10.0. The number of aryl methyl sites for hydroxylation is 1. The fraction of sp³-hybridized carbons (Fsp3) is 0.500. The second kappa shape index (κ2) is 13.2. The minimum Gasteiger partial charge on any atom is -0.352 e.